The monoisotopic (exact) mass is 184 g/mol. The third-order valence-electron chi connectivity index (χ3n) is 2.37. The molecule has 1 heteroatoms. The van der Waals surface area contributed by atoms with Gasteiger partial charge >= 0.3 is 0 Å². The number of fused-ring (bicyclic) bond motifs is 1. The maximum absolute atomic E-state index is 5.27. The minimum Gasteiger partial charge on any atom is -0.464 e. The van der Waals surface area contributed by atoms with Crippen LogP contribution in [0, 0.1) is 0 Å². The lowest BCUT2D eigenvalue weighted by Crippen LogP contribution is -1.80. The van der Waals surface area contributed by atoms with E-state index in [1.54, 1.807) is 6.26 Å². The van der Waals surface area contributed by atoms with Crippen LogP contribution in [0.2, 0.25) is 0 Å². The van der Waals surface area contributed by atoms with Gasteiger partial charge in [0.05, 0.1) is 6.26 Å². The zero-order valence-corrected chi connectivity index (χ0v) is 8.21. The van der Waals surface area contributed by atoms with Crippen molar-refractivity contribution in [1.29, 1.82) is 0 Å². The first-order chi connectivity index (χ1) is 6.85. The molecule has 0 fully saturated rings. The van der Waals surface area contributed by atoms with Gasteiger partial charge in [-0.1, -0.05) is 19.6 Å². The second-order valence-corrected chi connectivity index (χ2v) is 3.18. The second-order valence-electron chi connectivity index (χ2n) is 3.18. The van der Waals surface area contributed by atoms with Crippen molar-refractivity contribution in [1.82, 2.24) is 0 Å². The van der Waals surface area contributed by atoms with Gasteiger partial charge in [-0.2, -0.15) is 0 Å². The van der Waals surface area contributed by atoms with Crippen LogP contribution < -0.4 is 0 Å². The molecular weight excluding hydrogens is 172 g/mol. The summed E-state index contributed by atoms with van der Waals surface area (Å²) in [5.74, 6) is 0. The summed E-state index contributed by atoms with van der Waals surface area (Å²) in [5.41, 5.74) is 6.21. The molecule has 0 saturated carbocycles. The van der Waals surface area contributed by atoms with Crippen LogP contribution in [0.5, 0.6) is 0 Å². The molecule has 0 saturated heterocycles. The Morgan fingerprint density at radius 1 is 1.43 bits per heavy atom. The molecule has 1 heterocycles. The molecule has 2 aromatic rings. The number of hydrogen-bond donors (Lipinski definition) is 0. The van der Waals surface area contributed by atoms with Gasteiger partial charge in [-0.15, -0.1) is 5.73 Å². The Hall–Kier alpha value is -1.72. The number of benzene rings is 1. The van der Waals surface area contributed by atoms with Crippen LogP contribution in [0.1, 0.15) is 18.9 Å². The summed E-state index contributed by atoms with van der Waals surface area (Å²) in [5, 5.41) is 1.13. The quantitative estimate of drug-likeness (QED) is 0.643. The number of hydrogen-bond acceptors (Lipinski definition) is 1. The average Bonchev–Trinajstić information content (AvgIpc) is 2.66. The molecule has 0 bridgehead atoms. The smallest absolute Gasteiger partial charge is 0.133 e. The zero-order chi connectivity index (χ0) is 9.97. The first kappa shape index (κ1) is 8.86. The van der Waals surface area contributed by atoms with Crippen LogP contribution >= 0.6 is 0 Å². The molecule has 0 aliphatic rings. The summed E-state index contributed by atoms with van der Waals surface area (Å²) < 4.78 is 5.27. The molecule has 14 heavy (non-hydrogen) atoms. The van der Waals surface area contributed by atoms with Crippen LogP contribution in [0.15, 0.2) is 47.3 Å². The van der Waals surface area contributed by atoms with Crippen molar-refractivity contribution < 1.29 is 4.42 Å². The summed E-state index contributed by atoms with van der Waals surface area (Å²) in [6.07, 6.45) is 2.66. The minimum atomic E-state index is 0.924. The second kappa shape index (κ2) is 3.57. The van der Waals surface area contributed by atoms with Gasteiger partial charge < -0.3 is 4.42 Å². The van der Waals surface area contributed by atoms with Crippen LogP contribution in [0.4, 0.5) is 0 Å². The van der Waals surface area contributed by atoms with Crippen molar-refractivity contribution in [2.75, 3.05) is 0 Å². The zero-order valence-electron chi connectivity index (χ0n) is 8.21. The molecule has 0 atom stereocenters. The lowest BCUT2D eigenvalue weighted by atomic mass is 10.0. The van der Waals surface area contributed by atoms with Crippen molar-refractivity contribution in [2.24, 2.45) is 0 Å². The van der Waals surface area contributed by atoms with Gasteiger partial charge in [0.2, 0.25) is 0 Å². The van der Waals surface area contributed by atoms with E-state index in [1.165, 1.54) is 5.56 Å². The van der Waals surface area contributed by atoms with E-state index in [4.69, 9.17) is 4.42 Å². The highest BCUT2D eigenvalue weighted by Gasteiger charge is 2.01. The topological polar surface area (TPSA) is 13.1 Å². The molecule has 2 rings (SSSR count). The molecule has 0 amide bonds. The minimum absolute atomic E-state index is 0.924. The van der Waals surface area contributed by atoms with Crippen LogP contribution in [0.3, 0.4) is 0 Å². The highest BCUT2D eigenvalue weighted by molar-refractivity contribution is 5.82. The fourth-order valence-corrected chi connectivity index (χ4v) is 1.59. The molecule has 0 N–H and O–H groups in total. The summed E-state index contributed by atoms with van der Waals surface area (Å²) in [6.45, 7) is 5.79. The van der Waals surface area contributed by atoms with Crippen molar-refractivity contribution in [2.45, 2.75) is 13.3 Å². The highest BCUT2D eigenvalue weighted by Crippen LogP contribution is 2.22. The highest BCUT2D eigenvalue weighted by atomic mass is 16.3. The summed E-state index contributed by atoms with van der Waals surface area (Å²) in [6, 6.07) is 8.10. The Kier molecular flexibility index (Phi) is 2.26. The van der Waals surface area contributed by atoms with Crippen LogP contribution in [0.25, 0.3) is 16.5 Å². The van der Waals surface area contributed by atoms with Crippen molar-refractivity contribution in [3.8, 4) is 0 Å². The summed E-state index contributed by atoms with van der Waals surface area (Å²) in [7, 11) is 0. The van der Waals surface area contributed by atoms with E-state index in [0.29, 0.717) is 0 Å². The lowest BCUT2D eigenvalue weighted by Gasteiger charge is -2.00. The molecule has 0 radical (unpaired) electrons. The first-order valence-corrected chi connectivity index (χ1v) is 4.71. The molecule has 1 aromatic carbocycles. The van der Waals surface area contributed by atoms with Gasteiger partial charge in [-0.25, -0.2) is 0 Å². The molecule has 1 nitrogen and oxygen atoms in total. The third-order valence-corrected chi connectivity index (χ3v) is 2.37. The maximum Gasteiger partial charge on any atom is 0.133 e. The van der Waals surface area contributed by atoms with Crippen LogP contribution in [-0.4, -0.2) is 0 Å². The van der Waals surface area contributed by atoms with Gasteiger partial charge in [0.1, 0.15) is 5.58 Å². The van der Waals surface area contributed by atoms with E-state index in [-0.39, 0.29) is 0 Å². The fraction of sp³-hybridized carbons (Fsp3) is 0.154. The van der Waals surface area contributed by atoms with Crippen molar-refractivity contribution in [3.05, 3.63) is 48.4 Å². The van der Waals surface area contributed by atoms with E-state index >= 15 is 0 Å². The molecule has 0 aliphatic heterocycles. The summed E-state index contributed by atoms with van der Waals surface area (Å²) >= 11 is 0. The first-order valence-electron chi connectivity index (χ1n) is 4.71. The van der Waals surface area contributed by atoms with Gasteiger partial charge in [-0.05, 0) is 30.2 Å². The Morgan fingerprint density at radius 2 is 2.29 bits per heavy atom. The molecule has 1 aromatic heterocycles. The third kappa shape index (κ3) is 1.39. The standard InChI is InChI=1S/C13H12O/c1-3-10(4-2)11-5-6-13-12(9-11)7-8-14-13/h5-9H,1,4H2,2H3. The fourth-order valence-electron chi connectivity index (χ4n) is 1.59. The van der Waals surface area contributed by atoms with E-state index in [2.05, 4.69) is 25.3 Å². The molecule has 0 spiro atoms. The molecule has 0 unspecified atom stereocenters. The van der Waals surface area contributed by atoms with Crippen molar-refractivity contribution in [3.63, 3.8) is 0 Å². The SMILES string of the molecule is C=C=C(CC)c1ccc2occc2c1. The largest absolute Gasteiger partial charge is 0.464 e. The number of allylic oxidation sites excluding steroid dienone is 1. The Bertz CT molecular complexity index is 499. The molecular formula is C13H12O. The van der Waals surface area contributed by atoms with E-state index in [1.807, 2.05) is 18.2 Å². The van der Waals surface area contributed by atoms with E-state index in [9.17, 15) is 0 Å². The Morgan fingerprint density at radius 3 is 3.00 bits per heavy atom. The molecule has 0 aliphatic carbocycles. The Balaban J connectivity index is 2.58. The van der Waals surface area contributed by atoms with E-state index < -0.39 is 0 Å². The lowest BCUT2D eigenvalue weighted by molar-refractivity contribution is 0.616. The Labute approximate surface area is 83.4 Å². The normalized spacial score (nSPS) is 10.1. The van der Waals surface area contributed by atoms with Gasteiger partial charge in [0.15, 0.2) is 0 Å². The van der Waals surface area contributed by atoms with Gasteiger partial charge in [0.25, 0.3) is 0 Å². The number of furan rings is 1. The van der Waals surface area contributed by atoms with E-state index in [0.717, 1.165) is 23.0 Å². The molecule has 70 valence electrons. The van der Waals surface area contributed by atoms with Gasteiger partial charge in [0, 0.05) is 11.0 Å². The predicted molar refractivity (Wildman–Crippen MR) is 59.1 cm³/mol. The predicted octanol–water partition coefficient (Wildman–Crippen LogP) is 4.01. The maximum atomic E-state index is 5.27. The number of rotatable bonds is 2. The van der Waals surface area contributed by atoms with Crippen LogP contribution in [-0.2, 0) is 0 Å². The summed E-state index contributed by atoms with van der Waals surface area (Å²) in [4.78, 5) is 0. The van der Waals surface area contributed by atoms with Crippen molar-refractivity contribution >= 4 is 16.5 Å². The van der Waals surface area contributed by atoms with Gasteiger partial charge in [-0.3, -0.25) is 0 Å². The average molecular weight is 184 g/mol.